The molecule has 1 aliphatic carbocycles. The molecule has 2 heterocycles. The summed E-state index contributed by atoms with van der Waals surface area (Å²) in [4.78, 5) is 31.9. The number of aromatic nitrogens is 1. The van der Waals surface area contributed by atoms with Gasteiger partial charge in [0, 0.05) is 29.2 Å². The molecule has 0 bridgehead atoms. The third-order valence-electron chi connectivity index (χ3n) is 6.12. The van der Waals surface area contributed by atoms with Gasteiger partial charge in [-0.2, -0.15) is 0 Å². The highest BCUT2D eigenvalue weighted by atomic mass is 31.2. The summed E-state index contributed by atoms with van der Waals surface area (Å²) in [5.74, 6) is -2.17. The first-order valence-electron chi connectivity index (χ1n) is 11.5. The second-order valence-electron chi connectivity index (χ2n) is 9.12. The predicted molar refractivity (Wildman–Crippen MR) is 132 cm³/mol. The predicted octanol–water partition coefficient (Wildman–Crippen LogP) is 4.02. The Morgan fingerprint density at radius 1 is 1.19 bits per heavy atom. The Bertz CT molecular complexity index is 1290. The first-order valence-corrected chi connectivity index (χ1v) is 15.1. The molecule has 4 rings (SSSR count). The molecular weight excluding hydrogens is 532 g/mol. The minimum atomic E-state index is -4.72. The van der Waals surface area contributed by atoms with Crippen LogP contribution in [0.5, 0.6) is 0 Å². The molecule has 0 amide bonds. The van der Waals surface area contributed by atoms with E-state index in [2.05, 4.69) is 15.6 Å². The fraction of sp³-hybridized carbons (Fsp3) is 0.455. The molecule has 0 spiro atoms. The fourth-order valence-electron chi connectivity index (χ4n) is 4.63. The Balaban J connectivity index is 1.44. The van der Waals surface area contributed by atoms with Gasteiger partial charge in [-0.1, -0.05) is 0 Å². The van der Waals surface area contributed by atoms with Crippen molar-refractivity contribution in [1.82, 2.24) is 4.98 Å². The number of fused-ring (bicyclic) bond motifs is 1. The number of benzene rings is 1. The van der Waals surface area contributed by atoms with Crippen molar-refractivity contribution in [3.05, 3.63) is 52.2 Å². The molecule has 1 aliphatic heterocycles. The Morgan fingerprint density at radius 3 is 2.65 bits per heavy atom. The van der Waals surface area contributed by atoms with Crippen LogP contribution in [0.1, 0.15) is 47.7 Å². The van der Waals surface area contributed by atoms with E-state index >= 15 is 0 Å². The van der Waals surface area contributed by atoms with Crippen molar-refractivity contribution in [2.24, 2.45) is 0 Å². The van der Waals surface area contributed by atoms with E-state index in [1.165, 1.54) is 6.07 Å². The maximum Gasteiger partial charge on any atom is 0.340 e. The van der Waals surface area contributed by atoms with E-state index in [0.717, 1.165) is 12.3 Å². The standard InChI is InChI=1S/C22H28F2N4O7P2/c1-12-6-19(27-18-4-2-13-7-14(23)8-17(24)21(13)18)16(9-25)22(26-12)28-20-5-3-15(35-20)10-34-37(32,33)11-36(29,30)31/h6-9,15,18,20,25H,2-5,10-11H2,1H3,(H,32,33)(H2,26,27,28)(H2,29,30,31)/t15?,18-,20?/m1/s1. The van der Waals surface area contributed by atoms with Crippen LogP contribution < -0.4 is 10.6 Å². The molecule has 202 valence electrons. The number of anilines is 2. The number of halogens is 2. The van der Waals surface area contributed by atoms with Crippen LogP contribution >= 0.6 is 15.2 Å². The highest BCUT2D eigenvalue weighted by molar-refractivity contribution is 7.70. The molecule has 15 heteroatoms. The highest BCUT2D eigenvalue weighted by Crippen LogP contribution is 2.55. The molecule has 4 atom stereocenters. The average molecular weight is 560 g/mol. The zero-order valence-electron chi connectivity index (χ0n) is 19.9. The fourth-order valence-corrected chi connectivity index (χ4v) is 7.22. The zero-order chi connectivity index (χ0) is 27.0. The Morgan fingerprint density at radius 2 is 1.95 bits per heavy atom. The molecule has 2 aromatic rings. The molecule has 2 aliphatic rings. The molecule has 6 N–H and O–H groups in total. The lowest BCUT2D eigenvalue weighted by Crippen LogP contribution is -2.24. The van der Waals surface area contributed by atoms with Gasteiger partial charge in [0.1, 0.15) is 23.7 Å². The summed E-state index contributed by atoms with van der Waals surface area (Å²) in [5.41, 5.74) is 2.58. The first kappa shape index (κ1) is 27.8. The van der Waals surface area contributed by atoms with Gasteiger partial charge in [0.05, 0.1) is 24.3 Å². The van der Waals surface area contributed by atoms with Crippen molar-refractivity contribution in [2.75, 3.05) is 23.1 Å². The van der Waals surface area contributed by atoms with Gasteiger partial charge in [-0.3, -0.25) is 9.13 Å². The maximum absolute atomic E-state index is 14.5. The average Bonchev–Trinajstić information content (AvgIpc) is 3.37. The van der Waals surface area contributed by atoms with E-state index in [9.17, 15) is 22.8 Å². The van der Waals surface area contributed by atoms with Crippen LogP contribution in [0.3, 0.4) is 0 Å². The lowest BCUT2D eigenvalue weighted by molar-refractivity contribution is 0.0275. The summed E-state index contributed by atoms with van der Waals surface area (Å²) >= 11 is 0. The highest BCUT2D eigenvalue weighted by Gasteiger charge is 2.34. The lowest BCUT2D eigenvalue weighted by Gasteiger charge is -2.22. The maximum atomic E-state index is 14.5. The molecule has 3 unspecified atom stereocenters. The molecule has 0 radical (unpaired) electrons. The monoisotopic (exact) mass is 560 g/mol. The topological polar surface area (TPSA) is 174 Å². The van der Waals surface area contributed by atoms with Gasteiger partial charge >= 0.3 is 15.2 Å². The van der Waals surface area contributed by atoms with Gasteiger partial charge < -0.3 is 40.0 Å². The van der Waals surface area contributed by atoms with Crippen molar-refractivity contribution in [2.45, 2.75) is 51.0 Å². The van der Waals surface area contributed by atoms with Crippen LogP contribution in [-0.4, -0.2) is 50.7 Å². The first-order chi connectivity index (χ1) is 17.3. The number of hydrogen-bond acceptors (Lipinski definition) is 8. The second-order valence-corrected chi connectivity index (χ2v) is 13.1. The Hall–Kier alpha value is -2.24. The third kappa shape index (κ3) is 7.00. The van der Waals surface area contributed by atoms with Crippen LogP contribution in [-0.2, 0) is 24.8 Å². The van der Waals surface area contributed by atoms with Gasteiger partial charge in [0.2, 0.25) is 0 Å². The molecule has 1 aromatic carbocycles. The van der Waals surface area contributed by atoms with Crippen molar-refractivity contribution in [3.8, 4) is 0 Å². The van der Waals surface area contributed by atoms with Gasteiger partial charge in [0.15, 0.2) is 5.90 Å². The lowest BCUT2D eigenvalue weighted by atomic mass is 10.1. The SMILES string of the molecule is Cc1cc(N[C@@H]2CCc3cc(F)cc(F)c32)c(C=N)c(NC2CCC(COP(=O)(O)CP(=O)(O)O)O2)n1. The van der Waals surface area contributed by atoms with Gasteiger partial charge in [-0.05, 0) is 50.3 Å². The zero-order valence-corrected chi connectivity index (χ0v) is 21.6. The molecular formula is C22H28F2N4O7P2. The number of ether oxygens (including phenoxy) is 1. The number of nitrogens with zero attached hydrogens (tertiary/aromatic N) is 1. The molecule has 11 nitrogen and oxygen atoms in total. The summed E-state index contributed by atoms with van der Waals surface area (Å²) in [5, 5.41) is 14.3. The minimum absolute atomic E-state index is 0.329. The second kappa shape index (κ2) is 10.9. The molecule has 1 fully saturated rings. The number of pyridine rings is 1. The molecule has 37 heavy (non-hydrogen) atoms. The van der Waals surface area contributed by atoms with Gasteiger partial charge in [-0.25, -0.2) is 13.8 Å². The van der Waals surface area contributed by atoms with Crippen molar-refractivity contribution >= 4 is 32.9 Å². The summed E-state index contributed by atoms with van der Waals surface area (Å²) in [6.45, 7) is 1.43. The van der Waals surface area contributed by atoms with Gasteiger partial charge in [0.25, 0.3) is 0 Å². The number of rotatable bonds is 10. The Labute approximate surface area is 211 Å². The Kier molecular flexibility index (Phi) is 8.16. The normalized spacial score (nSPS) is 22.9. The minimum Gasteiger partial charge on any atom is -0.377 e. The summed E-state index contributed by atoms with van der Waals surface area (Å²) in [7, 11) is -9.21. The quantitative estimate of drug-likeness (QED) is 0.184. The molecule has 1 saturated heterocycles. The number of hydrogen-bond donors (Lipinski definition) is 6. The van der Waals surface area contributed by atoms with Gasteiger partial charge in [-0.15, -0.1) is 0 Å². The summed E-state index contributed by atoms with van der Waals surface area (Å²) < 4.78 is 61.6. The van der Waals surface area contributed by atoms with Crippen LogP contribution in [0.25, 0.3) is 0 Å². The summed E-state index contributed by atoms with van der Waals surface area (Å²) in [6, 6.07) is 3.52. The smallest absolute Gasteiger partial charge is 0.340 e. The van der Waals surface area contributed by atoms with Crippen LogP contribution in [0.15, 0.2) is 18.2 Å². The summed E-state index contributed by atoms with van der Waals surface area (Å²) in [6.07, 6.45) is 1.94. The van der Waals surface area contributed by atoms with E-state index in [0.29, 0.717) is 59.6 Å². The van der Waals surface area contributed by atoms with Crippen molar-refractivity contribution in [1.29, 1.82) is 5.41 Å². The van der Waals surface area contributed by atoms with Crippen LogP contribution in [0.4, 0.5) is 20.3 Å². The molecule has 1 aromatic heterocycles. The van der Waals surface area contributed by atoms with E-state index < -0.39 is 51.1 Å². The third-order valence-corrected chi connectivity index (χ3v) is 9.58. The van der Waals surface area contributed by atoms with Crippen LogP contribution in [0.2, 0.25) is 0 Å². The van der Waals surface area contributed by atoms with Crippen molar-refractivity contribution < 1.29 is 41.9 Å². The van der Waals surface area contributed by atoms with Crippen LogP contribution in [0, 0.1) is 24.0 Å². The number of nitrogens with one attached hydrogen (secondary N) is 3. The van der Waals surface area contributed by atoms with E-state index in [1.54, 1.807) is 13.0 Å². The molecule has 0 saturated carbocycles. The van der Waals surface area contributed by atoms with E-state index in [-0.39, 0.29) is 6.61 Å². The van der Waals surface area contributed by atoms with E-state index in [1.807, 2.05) is 0 Å². The van der Waals surface area contributed by atoms with E-state index in [4.69, 9.17) is 24.5 Å². The largest absolute Gasteiger partial charge is 0.377 e. The number of aryl methyl sites for hydroxylation is 2. The van der Waals surface area contributed by atoms with Crippen molar-refractivity contribution in [3.63, 3.8) is 0 Å².